The molecule has 0 aliphatic carbocycles. The fraction of sp³-hybridized carbons (Fsp3) is 0.429. The van der Waals surface area contributed by atoms with Crippen molar-refractivity contribution in [2.75, 3.05) is 11.9 Å². The first-order chi connectivity index (χ1) is 9.40. The molecule has 2 amide bonds. The first kappa shape index (κ1) is 14.8. The maximum atomic E-state index is 12.2. The maximum absolute atomic E-state index is 12.2. The number of amides is 2. The number of hydrogen-bond donors (Lipinski definition) is 2. The van der Waals surface area contributed by atoms with Crippen molar-refractivity contribution >= 4 is 33.6 Å². The zero-order valence-electron chi connectivity index (χ0n) is 11.4. The number of carboxylic acids is 1. The molecule has 2 rings (SSSR count). The minimum absolute atomic E-state index is 0.351. The highest BCUT2D eigenvalue weighted by atomic mass is 79.9. The molecule has 0 aromatic heterocycles. The molecule has 1 aromatic carbocycles. The molecule has 0 spiro atoms. The normalized spacial score (nSPS) is 18.1. The van der Waals surface area contributed by atoms with Crippen molar-refractivity contribution in [3.8, 4) is 0 Å². The second-order valence-electron chi connectivity index (χ2n) is 5.04. The molecule has 0 bridgehead atoms. The topological polar surface area (TPSA) is 69.6 Å². The third-order valence-corrected chi connectivity index (χ3v) is 4.74. The average molecular weight is 341 g/mol. The summed E-state index contributed by atoms with van der Waals surface area (Å²) in [5, 5.41) is 11.9. The lowest BCUT2D eigenvalue weighted by Crippen LogP contribution is -2.42. The largest absolute Gasteiger partial charge is 0.480 e. The number of aliphatic carboxylic acids is 1. The molecule has 1 aliphatic rings. The first-order valence-corrected chi connectivity index (χ1v) is 7.26. The van der Waals surface area contributed by atoms with Gasteiger partial charge in [-0.05, 0) is 49.9 Å². The summed E-state index contributed by atoms with van der Waals surface area (Å²) in [4.78, 5) is 24.7. The molecule has 0 radical (unpaired) electrons. The number of likely N-dealkylation sites (tertiary alicyclic amines) is 1. The van der Waals surface area contributed by atoms with Crippen LogP contribution in [-0.2, 0) is 4.79 Å². The number of anilines is 1. The third-order valence-electron chi connectivity index (χ3n) is 3.49. The zero-order chi connectivity index (χ0) is 14.9. The van der Waals surface area contributed by atoms with E-state index >= 15 is 0 Å². The van der Waals surface area contributed by atoms with Gasteiger partial charge in [0, 0.05) is 16.7 Å². The number of nitrogens with zero attached hydrogens (tertiary/aromatic N) is 1. The number of carbonyl (C=O) groups is 2. The van der Waals surface area contributed by atoms with Gasteiger partial charge >= 0.3 is 12.0 Å². The Morgan fingerprint density at radius 1 is 1.35 bits per heavy atom. The van der Waals surface area contributed by atoms with Crippen LogP contribution in [0.4, 0.5) is 10.5 Å². The summed E-state index contributed by atoms with van der Waals surface area (Å²) < 4.78 is 1.01. The molecule has 108 valence electrons. The highest BCUT2D eigenvalue weighted by molar-refractivity contribution is 9.10. The van der Waals surface area contributed by atoms with Crippen molar-refractivity contribution in [1.82, 2.24) is 4.90 Å². The van der Waals surface area contributed by atoms with E-state index < -0.39 is 12.0 Å². The van der Waals surface area contributed by atoms with E-state index in [-0.39, 0.29) is 6.03 Å². The monoisotopic (exact) mass is 340 g/mol. The lowest BCUT2D eigenvalue weighted by atomic mass is 10.1. The number of aryl methyl sites for hydroxylation is 2. The van der Waals surface area contributed by atoms with Crippen molar-refractivity contribution in [3.63, 3.8) is 0 Å². The van der Waals surface area contributed by atoms with Crippen LogP contribution in [0.2, 0.25) is 0 Å². The van der Waals surface area contributed by atoms with Gasteiger partial charge in [-0.3, -0.25) is 0 Å². The van der Waals surface area contributed by atoms with Crippen LogP contribution < -0.4 is 5.32 Å². The van der Waals surface area contributed by atoms with Crippen LogP contribution in [0.1, 0.15) is 24.0 Å². The number of nitrogens with one attached hydrogen (secondary N) is 1. The molecule has 6 heteroatoms. The maximum Gasteiger partial charge on any atom is 0.326 e. The van der Waals surface area contributed by atoms with Crippen molar-refractivity contribution in [2.24, 2.45) is 0 Å². The second-order valence-corrected chi connectivity index (χ2v) is 5.84. The van der Waals surface area contributed by atoms with Crippen LogP contribution in [0.15, 0.2) is 16.6 Å². The SMILES string of the molecule is Cc1cc(NC(=O)N2CCC[C@@H]2C(=O)O)cc(C)c1Br. The van der Waals surface area contributed by atoms with Crippen LogP contribution in [0, 0.1) is 13.8 Å². The number of halogens is 1. The number of hydrogen-bond acceptors (Lipinski definition) is 2. The van der Waals surface area contributed by atoms with E-state index in [1.54, 1.807) is 0 Å². The fourth-order valence-corrected chi connectivity index (χ4v) is 2.71. The molecule has 1 aliphatic heterocycles. The minimum Gasteiger partial charge on any atom is -0.480 e. The predicted molar refractivity (Wildman–Crippen MR) is 80.0 cm³/mol. The van der Waals surface area contributed by atoms with E-state index in [0.717, 1.165) is 22.0 Å². The number of carbonyl (C=O) groups excluding carboxylic acids is 1. The molecule has 5 nitrogen and oxygen atoms in total. The predicted octanol–water partition coefficient (Wildman–Crippen LogP) is 3.15. The van der Waals surface area contributed by atoms with Crippen molar-refractivity contribution in [1.29, 1.82) is 0 Å². The van der Waals surface area contributed by atoms with Crippen LogP contribution in [-0.4, -0.2) is 34.6 Å². The Hall–Kier alpha value is -1.56. The molecule has 1 aromatic rings. The summed E-state index contributed by atoms with van der Waals surface area (Å²) in [6.07, 6.45) is 1.24. The standard InChI is InChI=1S/C14H17BrN2O3/c1-8-6-10(7-9(2)12(8)15)16-14(20)17-5-3-4-11(17)13(18)19/h6-7,11H,3-5H2,1-2H3,(H,16,20)(H,18,19)/t11-/m1/s1. The summed E-state index contributed by atoms with van der Waals surface area (Å²) >= 11 is 3.47. The number of benzene rings is 1. The van der Waals surface area contributed by atoms with Gasteiger partial charge in [0.05, 0.1) is 0 Å². The summed E-state index contributed by atoms with van der Waals surface area (Å²) in [6.45, 7) is 4.38. The Morgan fingerprint density at radius 3 is 2.50 bits per heavy atom. The smallest absolute Gasteiger partial charge is 0.326 e. The van der Waals surface area contributed by atoms with E-state index in [9.17, 15) is 9.59 Å². The Bertz CT molecular complexity index is 536. The molecule has 1 heterocycles. The summed E-state index contributed by atoms with van der Waals surface area (Å²) in [5.41, 5.74) is 2.73. The first-order valence-electron chi connectivity index (χ1n) is 6.47. The van der Waals surface area contributed by atoms with Crippen molar-refractivity contribution < 1.29 is 14.7 Å². The highest BCUT2D eigenvalue weighted by Gasteiger charge is 2.33. The molecular formula is C14H17BrN2O3. The number of rotatable bonds is 2. The Labute approximate surface area is 126 Å². The molecule has 1 fully saturated rings. The highest BCUT2D eigenvalue weighted by Crippen LogP contribution is 2.26. The average Bonchev–Trinajstić information content (AvgIpc) is 2.85. The molecule has 1 saturated heterocycles. The molecule has 0 saturated carbocycles. The van der Waals surface area contributed by atoms with E-state index in [1.165, 1.54) is 4.90 Å². The van der Waals surface area contributed by atoms with Gasteiger partial charge in [0.2, 0.25) is 0 Å². The minimum atomic E-state index is -0.944. The van der Waals surface area contributed by atoms with Gasteiger partial charge in [0.1, 0.15) is 6.04 Å². The van der Waals surface area contributed by atoms with Gasteiger partial charge in [0.15, 0.2) is 0 Å². The van der Waals surface area contributed by atoms with Crippen LogP contribution in [0.25, 0.3) is 0 Å². The van der Waals surface area contributed by atoms with Gasteiger partial charge < -0.3 is 15.3 Å². The van der Waals surface area contributed by atoms with Gasteiger partial charge in [-0.2, -0.15) is 0 Å². The number of urea groups is 1. The van der Waals surface area contributed by atoms with Crippen LogP contribution in [0.3, 0.4) is 0 Å². The third kappa shape index (κ3) is 2.95. The summed E-state index contributed by atoms with van der Waals surface area (Å²) in [5.74, 6) is -0.944. The quantitative estimate of drug-likeness (QED) is 0.868. The molecule has 0 unspecified atom stereocenters. The Balaban J connectivity index is 2.14. The van der Waals surface area contributed by atoms with Gasteiger partial charge in [0.25, 0.3) is 0 Å². The van der Waals surface area contributed by atoms with Crippen molar-refractivity contribution in [2.45, 2.75) is 32.7 Å². The van der Waals surface area contributed by atoms with E-state index in [2.05, 4.69) is 21.2 Å². The van der Waals surface area contributed by atoms with Gasteiger partial charge in [-0.1, -0.05) is 15.9 Å². The van der Waals surface area contributed by atoms with Crippen molar-refractivity contribution in [3.05, 3.63) is 27.7 Å². The van der Waals surface area contributed by atoms with Crippen LogP contribution in [0.5, 0.6) is 0 Å². The van der Waals surface area contributed by atoms with E-state index in [4.69, 9.17) is 5.11 Å². The summed E-state index contributed by atoms with van der Waals surface area (Å²) in [6, 6.07) is 2.66. The lowest BCUT2D eigenvalue weighted by Gasteiger charge is -2.22. The van der Waals surface area contributed by atoms with Gasteiger partial charge in [-0.15, -0.1) is 0 Å². The lowest BCUT2D eigenvalue weighted by molar-refractivity contribution is -0.141. The molecule has 1 atom stereocenters. The zero-order valence-corrected chi connectivity index (χ0v) is 13.0. The molecule has 2 N–H and O–H groups in total. The number of carboxylic acid groups (broad SMARTS) is 1. The fourth-order valence-electron chi connectivity index (χ4n) is 2.48. The van der Waals surface area contributed by atoms with E-state index in [1.807, 2.05) is 26.0 Å². The summed E-state index contributed by atoms with van der Waals surface area (Å²) in [7, 11) is 0. The van der Waals surface area contributed by atoms with Crippen LogP contribution >= 0.6 is 15.9 Å². The van der Waals surface area contributed by atoms with E-state index in [0.29, 0.717) is 18.7 Å². The second kappa shape index (κ2) is 5.83. The molecular weight excluding hydrogens is 324 g/mol. The molecule has 20 heavy (non-hydrogen) atoms. The Morgan fingerprint density at radius 2 is 1.95 bits per heavy atom. The van der Waals surface area contributed by atoms with Gasteiger partial charge in [-0.25, -0.2) is 9.59 Å². The Kier molecular flexibility index (Phi) is 4.32.